The van der Waals surface area contributed by atoms with Crippen LogP contribution in [0.2, 0.25) is 0 Å². The van der Waals surface area contributed by atoms with E-state index < -0.39 is 0 Å². The quantitative estimate of drug-likeness (QED) is 0.831. The van der Waals surface area contributed by atoms with Crippen molar-refractivity contribution in [2.45, 2.75) is 25.1 Å². The van der Waals surface area contributed by atoms with Gasteiger partial charge in [-0.25, -0.2) is 0 Å². The monoisotopic (exact) mass is 308 g/mol. The molecule has 0 aromatic heterocycles. The molecule has 22 heavy (non-hydrogen) atoms. The molecular formula is C16H24N2O4. The predicted molar refractivity (Wildman–Crippen MR) is 82.7 cm³/mol. The minimum Gasteiger partial charge on any atom is -0.493 e. The van der Waals surface area contributed by atoms with E-state index in [0.29, 0.717) is 31.5 Å². The highest BCUT2D eigenvalue weighted by atomic mass is 16.6. The molecule has 2 aliphatic heterocycles. The first-order chi connectivity index (χ1) is 10.7. The molecule has 2 N–H and O–H groups in total. The van der Waals surface area contributed by atoms with E-state index in [4.69, 9.17) is 14.2 Å². The first-order valence-corrected chi connectivity index (χ1v) is 7.72. The van der Waals surface area contributed by atoms with Crippen molar-refractivity contribution in [3.63, 3.8) is 0 Å². The molecule has 122 valence electrons. The Balaban J connectivity index is 1.66. The van der Waals surface area contributed by atoms with Gasteiger partial charge in [-0.3, -0.25) is 0 Å². The Morgan fingerprint density at radius 3 is 2.91 bits per heavy atom. The van der Waals surface area contributed by atoms with Gasteiger partial charge in [-0.05, 0) is 31.2 Å². The lowest BCUT2D eigenvalue weighted by molar-refractivity contribution is 0.164. The fourth-order valence-corrected chi connectivity index (χ4v) is 3.11. The summed E-state index contributed by atoms with van der Waals surface area (Å²) in [7, 11) is 3.72. The molecule has 2 atom stereocenters. The van der Waals surface area contributed by atoms with Gasteiger partial charge in [0.25, 0.3) is 0 Å². The van der Waals surface area contributed by atoms with Crippen molar-refractivity contribution >= 4 is 0 Å². The molecule has 0 radical (unpaired) electrons. The number of aliphatic hydroxyl groups is 1. The smallest absolute Gasteiger partial charge is 0.203 e. The van der Waals surface area contributed by atoms with Crippen LogP contribution in [-0.2, 0) is 6.54 Å². The van der Waals surface area contributed by atoms with Crippen molar-refractivity contribution in [1.82, 2.24) is 10.2 Å². The number of aliphatic hydroxyl groups excluding tert-OH is 1. The predicted octanol–water partition coefficient (Wildman–Crippen LogP) is 0.621. The van der Waals surface area contributed by atoms with Gasteiger partial charge in [0.2, 0.25) is 5.75 Å². The van der Waals surface area contributed by atoms with Crippen LogP contribution in [0.15, 0.2) is 12.1 Å². The summed E-state index contributed by atoms with van der Waals surface area (Å²) in [6, 6.07) is 4.37. The molecule has 1 aromatic rings. The highest BCUT2D eigenvalue weighted by Gasteiger charge is 2.23. The van der Waals surface area contributed by atoms with Crippen molar-refractivity contribution in [2.75, 3.05) is 40.5 Å². The zero-order valence-corrected chi connectivity index (χ0v) is 13.2. The highest BCUT2D eigenvalue weighted by molar-refractivity contribution is 5.54. The third-order valence-corrected chi connectivity index (χ3v) is 4.07. The Morgan fingerprint density at radius 2 is 2.18 bits per heavy atom. The van der Waals surface area contributed by atoms with Crippen LogP contribution in [-0.4, -0.2) is 62.6 Å². The molecule has 0 aliphatic carbocycles. The SMILES string of the molecule is COc1cc(CN(C)C[C@@H]2C[C@@H](O)CN2)cc2c1OCCO2. The van der Waals surface area contributed by atoms with E-state index in [-0.39, 0.29) is 6.10 Å². The highest BCUT2D eigenvalue weighted by Crippen LogP contribution is 2.40. The molecular weight excluding hydrogens is 284 g/mol. The van der Waals surface area contributed by atoms with Crippen molar-refractivity contribution in [1.29, 1.82) is 0 Å². The van der Waals surface area contributed by atoms with Crippen LogP contribution < -0.4 is 19.5 Å². The third-order valence-electron chi connectivity index (χ3n) is 4.07. The summed E-state index contributed by atoms with van der Waals surface area (Å²) in [5.74, 6) is 2.17. The summed E-state index contributed by atoms with van der Waals surface area (Å²) in [6.45, 7) is 3.50. The summed E-state index contributed by atoms with van der Waals surface area (Å²) in [5, 5.41) is 12.9. The van der Waals surface area contributed by atoms with Gasteiger partial charge in [-0.15, -0.1) is 0 Å². The Labute approximate surface area is 131 Å². The van der Waals surface area contributed by atoms with Crippen LogP contribution in [0, 0.1) is 0 Å². The second-order valence-electron chi connectivity index (χ2n) is 6.01. The van der Waals surface area contributed by atoms with Gasteiger partial charge in [0.15, 0.2) is 11.5 Å². The summed E-state index contributed by atoms with van der Waals surface area (Å²) >= 11 is 0. The van der Waals surface area contributed by atoms with Crippen LogP contribution >= 0.6 is 0 Å². The van der Waals surface area contributed by atoms with Crippen molar-refractivity contribution in [2.24, 2.45) is 0 Å². The number of hydrogen-bond donors (Lipinski definition) is 2. The number of fused-ring (bicyclic) bond motifs is 1. The number of likely N-dealkylation sites (N-methyl/N-ethyl adjacent to an activating group) is 1. The number of β-amino-alcohol motifs (C(OH)–C–C–N with tert-alkyl or cyclic N) is 1. The lowest BCUT2D eigenvalue weighted by Gasteiger charge is -2.24. The van der Waals surface area contributed by atoms with Crippen LogP contribution in [0.4, 0.5) is 0 Å². The maximum absolute atomic E-state index is 9.57. The van der Waals surface area contributed by atoms with E-state index in [1.54, 1.807) is 7.11 Å². The number of methoxy groups -OCH3 is 1. The van der Waals surface area contributed by atoms with E-state index >= 15 is 0 Å². The fourth-order valence-electron chi connectivity index (χ4n) is 3.11. The molecule has 0 amide bonds. The summed E-state index contributed by atoms with van der Waals surface area (Å²) in [5.41, 5.74) is 1.13. The third kappa shape index (κ3) is 3.45. The minimum absolute atomic E-state index is 0.215. The first-order valence-electron chi connectivity index (χ1n) is 7.72. The standard InChI is InChI=1S/C16H24N2O4/c1-18(10-12-7-13(19)8-17-12)9-11-5-14(20-2)16-15(6-11)21-3-4-22-16/h5-6,12-13,17,19H,3-4,7-10H2,1-2H3/t12-,13+/m0/s1. The van der Waals surface area contributed by atoms with Crippen LogP contribution in [0.5, 0.6) is 17.2 Å². The van der Waals surface area contributed by atoms with Gasteiger partial charge in [0.05, 0.1) is 13.2 Å². The number of benzene rings is 1. The largest absolute Gasteiger partial charge is 0.493 e. The first kappa shape index (κ1) is 15.4. The lowest BCUT2D eigenvalue weighted by atomic mass is 10.1. The molecule has 6 heteroatoms. The summed E-state index contributed by atoms with van der Waals surface area (Å²) in [6.07, 6.45) is 0.599. The lowest BCUT2D eigenvalue weighted by Crippen LogP contribution is -2.34. The maximum atomic E-state index is 9.57. The van der Waals surface area contributed by atoms with Crippen molar-refractivity contribution in [3.8, 4) is 17.2 Å². The molecule has 1 saturated heterocycles. The molecule has 1 aromatic carbocycles. The summed E-state index contributed by atoms with van der Waals surface area (Å²) < 4.78 is 16.7. The molecule has 2 heterocycles. The van der Waals surface area contributed by atoms with Crippen LogP contribution in [0.1, 0.15) is 12.0 Å². The van der Waals surface area contributed by atoms with E-state index in [2.05, 4.69) is 17.3 Å². The van der Waals surface area contributed by atoms with E-state index in [1.807, 2.05) is 12.1 Å². The Bertz CT molecular complexity index is 506. The van der Waals surface area contributed by atoms with E-state index in [9.17, 15) is 5.11 Å². The second-order valence-corrected chi connectivity index (χ2v) is 6.01. The van der Waals surface area contributed by atoms with Crippen LogP contribution in [0.3, 0.4) is 0 Å². The van der Waals surface area contributed by atoms with Gasteiger partial charge in [-0.1, -0.05) is 0 Å². The molecule has 6 nitrogen and oxygen atoms in total. The Morgan fingerprint density at radius 1 is 1.36 bits per heavy atom. The van der Waals surface area contributed by atoms with Gasteiger partial charge >= 0.3 is 0 Å². The number of hydrogen-bond acceptors (Lipinski definition) is 6. The molecule has 0 spiro atoms. The van der Waals surface area contributed by atoms with Gasteiger partial charge in [0, 0.05) is 25.7 Å². The van der Waals surface area contributed by atoms with Gasteiger partial charge < -0.3 is 29.5 Å². The minimum atomic E-state index is -0.215. The second kappa shape index (κ2) is 6.73. The number of nitrogens with zero attached hydrogens (tertiary/aromatic N) is 1. The van der Waals surface area contributed by atoms with Gasteiger partial charge in [-0.2, -0.15) is 0 Å². The van der Waals surface area contributed by atoms with E-state index in [1.165, 1.54) is 0 Å². The zero-order chi connectivity index (χ0) is 15.5. The number of rotatable bonds is 5. The molecule has 3 rings (SSSR count). The molecule has 2 aliphatic rings. The number of nitrogens with one attached hydrogen (secondary N) is 1. The molecule has 1 fully saturated rings. The Hall–Kier alpha value is -1.50. The average Bonchev–Trinajstić information content (AvgIpc) is 2.91. The Kier molecular flexibility index (Phi) is 4.71. The molecule has 0 unspecified atom stereocenters. The van der Waals surface area contributed by atoms with Gasteiger partial charge in [0.1, 0.15) is 13.2 Å². The average molecular weight is 308 g/mol. The van der Waals surface area contributed by atoms with E-state index in [0.717, 1.165) is 36.6 Å². The van der Waals surface area contributed by atoms with Crippen LogP contribution in [0.25, 0.3) is 0 Å². The zero-order valence-electron chi connectivity index (χ0n) is 13.2. The topological polar surface area (TPSA) is 63.2 Å². The molecule has 0 bridgehead atoms. The van der Waals surface area contributed by atoms with Crippen molar-refractivity contribution in [3.05, 3.63) is 17.7 Å². The molecule has 0 saturated carbocycles. The fraction of sp³-hybridized carbons (Fsp3) is 0.625. The normalized spacial score (nSPS) is 23.8. The number of ether oxygens (including phenoxy) is 3. The summed E-state index contributed by atoms with van der Waals surface area (Å²) in [4.78, 5) is 2.24. The van der Waals surface area contributed by atoms with Crippen molar-refractivity contribution < 1.29 is 19.3 Å². The maximum Gasteiger partial charge on any atom is 0.203 e.